The fourth-order valence-electron chi connectivity index (χ4n) is 0.834. The molecule has 0 bridgehead atoms. The first-order valence-electron chi connectivity index (χ1n) is 3.41. The van der Waals surface area contributed by atoms with Crippen molar-refractivity contribution in [1.29, 1.82) is 0 Å². The second-order valence-corrected chi connectivity index (χ2v) is 2.40. The molecule has 0 radical (unpaired) electrons. The van der Waals surface area contributed by atoms with Crippen molar-refractivity contribution in [1.82, 2.24) is 0 Å². The molecule has 0 fully saturated rings. The highest BCUT2D eigenvalue weighted by Crippen LogP contribution is 2.09. The van der Waals surface area contributed by atoms with Crippen LogP contribution in [0.3, 0.4) is 0 Å². The summed E-state index contributed by atoms with van der Waals surface area (Å²) < 4.78 is 0. The monoisotopic (exact) mass is 134 g/mol. The molecule has 10 heavy (non-hydrogen) atoms. The Bertz CT molecular complexity index is 227. The zero-order chi connectivity index (χ0) is 7.40. The summed E-state index contributed by atoms with van der Waals surface area (Å²) in [6.45, 7) is 1.61. The molecule has 0 spiro atoms. The normalized spacial score (nSPS) is 13.9. The molecule has 1 heteroatoms. The van der Waals surface area contributed by atoms with Crippen LogP contribution in [0.15, 0.2) is 29.5 Å². The third kappa shape index (κ3) is 2.04. The number of hydrogen-bond donors (Lipinski definition) is 0. The number of allylic oxidation sites excluding steroid dienone is 3. The molecule has 0 aliphatic heterocycles. The van der Waals surface area contributed by atoms with Gasteiger partial charge in [-0.25, -0.2) is 0 Å². The summed E-state index contributed by atoms with van der Waals surface area (Å²) in [5.74, 6) is 0.245. The van der Waals surface area contributed by atoms with Crippen LogP contribution >= 0.6 is 0 Å². The molecule has 1 aliphatic rings. The molecule has 1 nitrogen and oxygen atoms in total. The number of Topliss-reactive ketones (excluding diaryl/α,β-unsaturated/α-hetero) is 1. The van der Waals surface area contributed by atoms with Crippen LogP contribution in [-0.2, 0) is 4.79 Å². The quantitative estimate of drug-likeness (QED) is 0.539. The van der Waals surface area contributed by atoms with Gasteiger partial charge < -0.3 is 4.79 Å². The Balaban J connectivity index is 2.34. The van der Waals surface area contributed by atoms with Crippen molar-refractivity contribution in [3.63, 3.8) is 0 Å². The average molecular weight is 134 g/mol. The van der Waals surface area contributed by atoms with E-state index in [1.807, 2.05) is 18.2 Å². The van der Waals surface area contributed by atoms with Crippen LogP contribution < -0.4 is 0 Å². The summed E-state index contributed by atoms with van der Waals surface area (Å²) in [7, 11) is 0. The lowest BCUT2D eigenvalue weighted by Gasteiger charge is -1.92. The number of ketones is 1. The predicted molar refractivity (Wildman–Crippen MR) is 40.7 cm³/mol. The van der Waals surface area contributed by atoms with Gasteiger partial charge in [0, 0.05) is 6.42 Å². The SMILES string of the molecule is CC(=O)CCC1=C=CC=C1. The van der Waals surface area contributed by atoms with Crippen LogP contribution in [0.5, 0.6) is 0 Å². The van der Waals surface area contributed by atoms with Gasteiger partial charge in [0.1, 0.15) is 5.78 Å². The minimum atomic E-state index is 0.245. The molecule has 0 aromatic carbocycles. The maximum absolute atomic E-state index is 10.5. The number of carbonyl (C=O) groups is 1. The maximum atomic E-state index is 10.5. The summed E-state index contributed by atoms with van der Waals surface area (Å²) in [4.78, 5) is 10.5. The Morgan fingerprint density at radius 3 is 3.00 bits per heavy atom. The van der Waals surface area contributed by atoms with Gasteiger partial charge in [0.25, 0.3) is 0 Å². The summed E-state index contributed by atoms with van der Waals surface area (Å²) in [5, 5.41) is 0. The van der Waals surface area contributed by atoms with Crippen LogP contribution in [0.25, 0.3) is 0 Å². The first-order valence-corrected chi connectivity index (χ1v) is 3.41. The summed E-state index contributed by atoms with van der Waals surface area (Å²) in [6.07, 6.45) is 7.27. The molecule has 0 heterocycles. The second-order valence-electron chi connectivity index (χ2n) is 2.40. The fourth-order valence-corrected chi connectivity index (χ4v) is 0.834. The molecule has 0 unspecified atom stereocenters. The van der Waals surface area contributed by atoms with Crippen molar-refractivity contribution >= 4 is 5.78 Å². The van der Waals surface area contributed by atoms with Crippen molar-refractivity contribution in [2.24, 2.45) is 0 Å². The number of hydrogen-bond acceptors (Lipinski definition) is 1. The minimum Gasteiger partial charge on any atom is -0.300 e. The van der Waals surface area contributed by atoms with Crippen LogP contribution in [0.4, 0.5) is 0 Å². The Labute approximate surface area is 60.7 Å². The van der Waals surface area contributed by atoms with Gasteiger partial charge in [-0.05, 0) is 25.0 Å². The highest BCUT2D eigenvalue weighted by molar-refractivity contribution is 5.75. The predicted octanol–water partition coefficient (Wildman–Crippen LogP) is 2.01. The van der Waals surface area contributed by atoms with Crippen molar-refractivity contribution in [2.45, 2.75) is 19.8 Å². The van der Waals surface area contributed by atoms with Gasteiger partial charge in [0.2, 0.25) is 0 Å². The van der Waals surface area contributed by atoms with Crippen LogP contribution in [0, 0.1) is 0 Å². The van der Waals surface area contributed by atoms with E-state index >= 15 is 0 Å². The first-order chi connectivity index (χ1) is 4.79. The Kier molecular flexibility index (Phi) is 2.24. The van der Waals surface area contributed by atoms with Crippen molar-refractivity contribution < 1.29 is 4.79 Å². The van der Waals surface area contributed by atoms with Crippen LogP contribution in [0.1, 0.15) is 19.8 Å². The van der Waals surface area contributed by atoms with E-state index in [0.29, 0.717) is 6.42 Å². The number of carbonyl (C=O) groups excluding carboxylic acids is 1. The first kappa shape index (κ1) is 7.04. The van der Waals surface area contributed by atoms with Gasteiger partial charge >= 0.3 is 0 Å². The van der Waals surface area contributed by atoms with E-state index in [0.717, 1.165) is 12.0 Å². The van der Waals surface area contributed by atoms with E-state index in [2.05, 4.69) is 5.73 Å². The zero-order valence-electron chi connectivity index (χ0n) is 6.05. The van der Waals surface area contributed by atoms with E-state index in [9.17, 15) is 4.79 Å². The molecule has 0 aromatic heterocycles. The lowest BCUT2D eigenvalue weighted by Crippen LogP contribution is -1.88. The smallest absolute Gasteiger partial charge is 0.130 e. The molecule has 0 atom stereocenters. The van der Waals surface area contributed by atoms with Crippen LogP contribution in [-0.4, -0.2) is 5.78 Å². The lowest BCUT2D eigenvalue weighted by molar-refractivity contribution is -0.116. The third-order valence-corrected chi connectivity index (χ3v) is 1.41. The van der Waals surface area contributed by atoms with Gasteiger partial charge in [0.05, 0.1) is 0 Å². The fraction of sp³-hybridized carbons (Fsp3) is 0.333. The molecule has 52 valence electrons. The lowest BCUT2D eigenvalue weighted by atomic mass is 10.1. The van der Waals surface area contributed by atoms with Crippen LogP contribution in [0.2, 0.25) is 0 Å². The van der Waals surface area contributed by atoms with Gasteiger partial charge in [-0.1, -0.05) is 12.2 Å². The molecule has 0 amide bonds. The topological polar surface area (TPSA) is 17.1 Å². The van der Waals surface area contributed by atoms with Gasteiger partial charge in [-0.3, -0.25) is 0 Å². The molecule has 0 saturated carbocycles. The Hall–Kier alpha value is -1.07. The average Bonchev–Trinajstić information content (AvgIpc) is 2.34. The minimum absolute atomic E-state index is 0.245. The van der Waals surface area contributed by atoms with Gasteiger partial charge in [0.15, 0.2) is 0 Å². The number of rotatable bonds is 3. The van der Waals surface area contributed by atoms with E-state index < -0.39 is 0 Å². The largest absolute Gasteiger partial charge is 0.300 e. The van der Waals surface area contributed by atoms with Gasteiger partial charge in [-0.15, -0.1) is 5.73 Å². The second kappa shape index (κ2) is 3.19. The Morgan fingerprint density at radius 2 is 2.50 bits per heavy atom. The van der Waals surface area contributed by atoms with E-state index in [-0.39, 0.29) is 5.78 Å². The highest BCUT2D eigenvalue weighted by Gasteiger charge is 1.96. The van der Waals surface area contributed by atoms with E-state index in [1.54, 1.807) is 6.92 Å². The van der Waals surface area contributed by atoms with Crippen molar-refractivity contribution in [3.8, 4) is 0 Å². The zero-order valence-corrected chi connectivity index (χ0v) is 6.05. The third-order valence-electron chi connectivity index (χ3n) is 1.41. The van der Waals surface area contributed by atoms with Crippen molar-refractivity contribution in [3.05, 3.63) is 29.5 Å². The van der Waals surface area contributed by atoms with E-state index in [4.69, 9.17) is 0 Å². The highest BCUT2D eigenvalue weighted by atomic mass is 16.1. The van der Waals surface area contributed by atoms with E-state index in [1.165, 1.54) is 0 Å². The molecule has 0 N–H and O–H groups in total. The summed E-state index contributed by atoms with van der Waals surface area (Å²) in [5.41, 5.74) is 4.17. The van der Waals surface area contributed by atoms with Gasteiger partial charge in [-0.2, -0.15) is 0 Å². The standard InChI is InChI=1S/C9H10O/c1-8(10)6-7-9-4-2-3-5-9/h2-4H,6-7H2,1H3. The summed E-state index contributed by atoms with van der Waals surface area (Å²) in [6, 6.07) is 0. The maximum Gasteiger partial charge on any atom is 0.130 e. The van der Waals surface area contributed by atoms with Crippen molar-refractivity contribution in [2.75, 3.05) is 0 Å². The summed E-state index contributed by atoms with van der Waals surface area (Å²) >= 11 is 0. The Morgan fingerprint density at radius 1 is 1.70 bits per heavy atom. The molecular weight excluding hydrogens is 124 g/mol. The molecule has 1 aliphatic carbocycles. The molecular formula is C9H10O. The molecule has 0 saturated heterocycles. The molecule has 0 aromatic rings. The molecule has 1 rings (SSSR count).